The highest BCUT2D eigenvalue weighted by atomic mass is 79.9. The van der Waals surface area contributed by atoms with Crippen LogP contribution < -0.4 is 5.32 Å². The lowest BCUT2D eigenvalue weighted by Crippen LogP contribution is -2.08. The third kappa shape index (κ3) is 3.75. The number of rotatable bonds is 3. The zero-order valence-electron chi connectivity index (χ0n) is 11.0. The first-order valence-corrected chi connectivity index (χ1v) is 8.06. The van der Waals surface area contributed by atoms with Crippen LogP contribution in [0.15, 0.2) is 27.7 Å². The van der Waals surface area contributed by atoms with E-state index in [1.165, 1.54) is 12.0 Å². The molecule has 0 spiro atoms. The molecular weight excluding hydrogens is 308 g/mol. The number of thioether (sulfide) groups is 1. The SMILES string of the molecule is Cc1ccc(NC2=NC(CC(C)C)CS2)c(Br)c1. The van der Waals surface area contributed by atoms with Crippen LogP contribution in [0.3, 0.4) is 0 Å². The molecule has 1 aliphatic heterocycles. The molecule has 2 nitrogen and oxygen atoms in total. The Labute approximate surface area is 122 Å². The van der Waals surface area contributed by atoms with E-state index >= 15 is 0 Å². The number of hydrogen-bond acceptors (Lipinski definition) is 3. The molecule has 0 amide bonds. The molecule has 1 N–H and O–H groups in total. The lowest BCUT2D eigenvalue weighted by atomic mass is 10.1. The molecule has 2 rings (SSSR count). The molecule has 4 heteroatoms. The van der Waals surface area contributed by atoms with Crippen LogP contribution in [0.5, 0.6) is 0 Å². The minimum absolute atomic E-state index is 0.474. The molecule has 0 fully saturated rings. The molecule has 0 radical (unpaired) electrons. The van der Waals surface area contributed by atoms with Crippen molar-refractivity contribution in [3.63, 3.8) is 0 Å². The Bertz CT molecular complexity index is 457. The third-order valence-corrected chi connectivity index (χ3v) is 4.51. The maximum atomic E-state index is 4.73. The molecule has 1 heterocycles. The van der Waals surface area contributed by atoms with Gasteiger partial charge in [-0.2, -0.15) is 0 Å². The number of halogens is 1. The lowest BCUT2D eigenvalue weighted by Gasteiger charge is -2.08. The number of anilines is 1. The van der Waals surface area contributed by atoms with Crippen molar-refractivity contribution in [3.05, 3.63) is 28.2 Å². The summed E-state index contributed by atoms with van der Waals surface area (Å²) in [5.74, 6) is 1.81. The van der Waals surface area contributed by atoms with Crippen LogP contribution >= 0.6 is 27.7 Å². The minimum atomic E-state index is 0.474. The molecule has 1 aromatic carbocycles. The maximum Gasteiger partial charge on any atom is 0.161 e. The molecule has 0 aliphatic carbocycles. The monoisotopic (exact) mass is 326 g/mol. The van der Waals surface area contributed by atoms with Crippen LogP contribution in [0.4, 0.5) is 5.69 Å². The van der Waals surface area contributed by atoms with Crippen LogP contribution in [0.1, 0.15) is 25.8 Å². The summed E-state index contributed by atoms with van der Waals surface area (Å²) in [6.45, 7) is 6.60. The summed E-state index contributed by atoms with van der Waals surface area (Å²) in [6, 6.07) is 6.80. The Morgan fingerprint density at radius 2 is 2.28 bits per heavy atom. The van der Waals surface area contributed by atoms with Gasteiger partial charge in [0.1, 0.15) is 0 Å². The summed E-state index contributed by atoms with van der Waals surface area (Å²) in [6.07, 6.45) is 1.17. The highest BCUT2D eigenvalue weighted by Gasteiger charge is 2.19. The van der Waals surface area contributed by atoms with Crippen LogP contribution in [-0.4, -0.2) is 17.0 Å². The number of hydrogen-bond donors (Lipinski definition) is 1. The second-order valence-corrected chi connectivity index (χ2v) is 7.00. The van der Waals surface area contributed by atoms with Gasteiger partial charge < -0.3 is 5.32 Å². The van der Waals surface area contributed by atoms with Crippen LogP contribution in [0.25, 0.3) is 0 Å². The minimum Gasteiger partial charge on any atom is -0.334 e. The summed E-state index contributed by atoms with van der Waals surface area (Å²) >= 11 is 5.40. The molecule has 0 saturated carbocycles. The molecular formula is C14H19BrN2S. The molecule has 18 heavy (non-hydrogen) atoms. The second kappa shape index (κ2) is 6.11. The Balaban J connectivity index is 2.02. The van der Waals surface area contributed by atoms with Crippen molar-refractivity contribution in [3.8, 4) is 0 Å². The first-order chi connectivity index (χ1) is 8.54. The van der Waals surface area contributed by atoms with Crippen LogP contribution in [-0.2, 0) is 0 Å². The van der Waals surface area contributed by atoms with Gasteiger partial charge >= 0.3 is 0 Å². The van der Waals surface area contributed by atoms with Gasteiger partial charge in [0.05, 0.1) is 11.7 Å². The van der Waals surface area contributed by atoms with E-state index in [0.29, 0.717) is 12.0 Å². The summed E-state index contributed by atoms with van der Waals surface area (Å²) in [4.78, 5) is 4.73. The molecule has 1 aliphatic rings. The van der Waals surface area contributed by atoms with Gasteiger partial charge in [0.25, 0.3) is 0 Å². The van der Waals surface area contributed by atoms with Crippen LogP contribution in [0.2, 0.25) is 0 Å². The van der Waals surface area contributed by atoms with Crippen molar-refractivity contribution in [2.75, 3.05) is 11.1 Å². The molecule has 1 unspecified atom stereocenters. The summed E-state index contributed by atoms with van der Waals surface area (Å²) < 4.78 is 1.10. The predicted molar refractivity (Wildman–Crippen MR) is 85.6 cm³/mol. The Morgan fingerprint density at radius 1 is 1.50 bits per heavy atom. The number of nitrogens with one attached hydrogen (secondary N) is 1. The molecule has 1 atom stereocenters. The number of amidine groups is 1. The summed E-state index contributed by atoms with van der Waals surface area (Å²) in [5, 5.41) is 4.45. The van der Waals surface area contributed by atoms with E-state index in [1.54, 1.807) is 0 Å². The summed E-state index contributed by atoms with van der Waals surface area (Å²) in [7, 11) is 0. The van der Waals surface area contributed by atoms with Gasteiger partial charge in [-0.3, -0.25) is 4.99 Å². The topological polar surface area (TPSA) is 24.4 Å². The van der Waals surface area contributed by atoms with E-state index in [-0.39, 0.29) is 0 Å². The normalized spacial score (nSPS) is 19.2. The van der Waals surface area contributed by atoms with Crippen molar-refractivity contribution in [2.45, 2.75) is 33.2 Å². The molecule has 0 saturated heterocycles. The molecule has 1 aromatic rings. The summed E-state index contributed by atoms with van der Waals surface area (Å²) in [5.41, 5.74) is 2.35. The fraction of sp³-hybridized carbons (Fsp3) is 0.500. The van der Waals surface area contributed by atoms with Gasteiger partial charge in [-0.05, 0) is 52.9 Å². The number of aryl methyl sites for hydroxylation is 1. The molecule has 0 bridgehead atoms. The number of nitrogens with zero attached hydrogens (tertiary/aromatic N) is 1. The standard InChI is InChI=1S/C14H19BrN2S/c1-9(2)6-11-8-18-14(16-11)17-13-5-4-10(3)7-12(13)15/h4-5,7,9,11H,6,8H2,1-3H3,(H,16,17). The second-order valence-electron chi connectivity index (χ2n) is 5.14. The zero-order chi connectivity index (χ0) is 13.1. The van der Waals surface area contributed by atoms with Gasteiger partial charge in [0, 0.05) is 10.2 Å². The average Bonchev–Trinajstić information content (AvgIpc) is 2.69. The van der Waals surface area contributed by atoms with E-state index in [0.717, 1.165) is 21.1 Å². The van der Waals surface area contributed by atoms with Gasteiger partial charge in [-0.1, -0.05) is 31.7 Å². The lowest BCUT2D eigenvalue weighted by molar-refractivity contribution is 0.529. The van der Waals surface area contributed by atoms with Gasteiger partial charge in [-0.15, -0.1) is 0 Å². The van der Waals surface area contributed by atoms with Gasteiger partial charge in [0.15, 0.2) is 5.17 Å². The quantitative estimate of drug-likeness (QED) is 0.871. The molecule has 98 valence electrons. The van der Waals surface area contributed by atoms with Crippen molar-refractivity contribution in [2.24, 2.45) is 10.9 Å². The number of aliphatic imine (C=N–C) groups is 1. The van der Waals surface area contributed by atoms with Gasteiger partial charge in [0.2, 0.25) is 0 Å². The first kappa shape index (κ1) is 13.9. The van der Waals surface area contributed by atoms with E-state index in [9.17, 15) is 0 Å². The van der Waals surface area contributed by atoms with Crippen molar-refractivity contribution >= 4 is 38.5 Å². The van der Waals surface area contributed by atoms with E-state index in [1.807, 2.05) is 11.8 Å². The van der Waals surface area contributed by atoms with Crippen LogP contribution in [0, 0.1) is 12.8 Å². The Kier molecular flexibility index (Phi) is 4.73. The number of benzene rings is 1. The zero-order valence-corrected chi connectivity index (χ0v) is 13.4. The average molecular weight is 327 g/mol. The Morgan fingerprint density at radius 3 is 2.94 bits per heavy atom. The van der Waals surface area contributed by atoms with Gasteiger partial charge in [-0.25, -0.2) is 0 Å². The Hall–Kier alpha value is -0.480. The smallest absolute Gasteiger partial charge is 0.161 e. The van der Waals surface area contributed by atoms with E-state index in [2.05, 4.69) is 60.2 Å². The third-order valence-electron chi connectivity index (χ3n) is 2.82. The predicted octanol–water partition coefficient (Wildman–Crippen LogP) is 4.69. The van der Waals surface area contributed by atoms with Crippen molar-refractivity contribution in [1.82, 2.24) is 0 Å². The fourth-order valence-electron chi connectivity index (χ4n) is 1.99. The van der Waals surface area contributed by atoms with E-state index in [4.69, 9.17) is 4.99 Å². The fourth-order valence-corrected chi connectivity index (χ4v) is 3.54. The van der Waals surface area contributed by atoms with E-state index < -0.39 is 0 Å². The van der Waals surface area contributed by atoms with Crippen molar-refractivity contribution in [1.29, 1.82) is 0 Å². The van der Waals surface area contributed by atoms with Crippen molar-refractivity contribution < 1.29 is 0 Å². The first-order valence-electron chi connectivity index (χ1n) is 6.28. The largest absolute Gasteiger partial charge is 0.334 e. The highest BCUT2D eigenvalue weighted by molar-refractivity contribution is 9.10. The maximum absolute atomic E-state index is 4.73. The molecule has 0 aromatic heterocycles. The highest BCUT2D eigenvalue weighted by Crippen LogP contribution is 2.28.